The summed E-state index contributed by atoms with van der Waals surface area (Å²) >= 11 is 8.77. The van der Waals surface area contributed by atoms with E-state index in [0.29, 0.717) is 4.47 Å². The molecule has 0 amide bonds. The Morgan fingerprint density at radius 2 is 2.00 bits per heavy atom. The van der Waals surface area contributed by atoms with Gasteiger partial charge in [-0.25, -0.2) is 4.39 Å². The molecule has 0 heterocycles. The molecule has 2 aromatic carbocycles. The normalized spacial score (nSPS) is 10.3. The predicted octanol–water partition coefficient (Wildman–Crippen LogP) is 4.52. The lowest BCUT2D eigenvalue weighted by Gasteiger charge is -2.09. The smallest absolute Gasteiger partial charge is 0.275 e. The molecular weight excluding hydrogens is 354 g/mol. The van der Waals surface area contributed by atoms with Crippen molar-refractivity contribution in [1.82, 2.24) is 0 Å². The molecule has 0 radical (unpaired) electrons. The molecule has 5 nitrogen and oxygen atoms in total. The lowest BCUT2D eigenvalue weighted by Crippen LogP contribution is -1.94. The van der Waals surface area contributed by atoms with Gasteiger partial charge >= 0.3 is 0 Å². The van der Waals surface area contributed by atoms with Crippen LogP contribution in [0.3, 0.4) is 0 Å². The first kappa shape index (κ1) is 14.5. The van der Waals surface area contributed by atoms with Gasteiger partial charge in [0.1, 0.15) is 17.3 Å². The van der Waals surface area contributed by atoms with Crippen molar-refractivity contribution in [3.05, 3.63) is 55.8 Å². The molecule has 2 aromatic rings. The fraction of sp³-hybridized carbons (Fsp3) is 0. The van der Waals surface area contributed by atoms with Gasteiger partial charge in [-0.05, 0) is 22.0 Å². The highest BCUT2D eigenvalue weighted by molar-refractivity contribution is 9.10. The molecule has 0 aromatic heterocycles. The maximum Gasteiger partial charge on any atom is 0.275 e. The van der Waals surface area contributed by atoms with Crippen molar-refractivity contribution in [1.29, 1.82) is 0 Å². The maximum atomic E-state index is 13.4. The van der Waals surface area contributed by atoms with Crippen LogP contribution in [0.25, 0.3) is 0 Å². The summed E-state index contributed by atoms with van der Waals surface area (Å²) in [4.78, 5) is 10.1. The molecule has 0 saturated heterocycles. The van der Waals surface area contributed by atoms with E-state index in [-0.39, 0.29) is 27.9 Å². The van der Waals surface area contributed by atoms with Gasteiger partial charge in [-0.2, -0.15) is 0 Å². The SMILES string of the molecule is Nc1cc(Oc2cc(F)c(Cl)cc2Br)cc([N+](=O)[O-])c1. The van der Waals surface area contributed by atoms with Crippen LogP contribution in [0.1, 0.15) is 0 Å². The number of nitrogens with two attached hydrogens (primary N) is 1. The van der Waals surface area contributed by atoms with Crippen molar-refractivity contribution in [3.8, 4) is 11.5 Å². The van der Waals surface area contributed by atoms with Crippen LogP contribution < -0.4 is 10.5 Å². The first-order valence-electron chi connectivity index (χ1n) is 5.24. The summed E-state index contributed by atoms with van der Waals surface area (Å²) in [6, 6.07) is 6.18. The number of nitrogens with zero attached hydrogens (tertiary/aromatic N) is 1. The van der Waals surface area contributed by atoms with E-state index in [1.807, 2.05) is 0 Å². The van der Waals surface area contributed by atoms with Crippen LogP contribution in [0.5, 0.6) is 11.5 Å². The molecule has 0 aliphatic rings. The standard InChI is InChI=1S/C12H7BrClFN2O3/c13-9-4-10(14)11(15)5-12(9)20-8-2-6(16)1-7(3-8)17(18)19/h1-5H,16H2. The van der Waals surface area contributed by atoms with Gasteiger partial charge in [-0.1, -0.05) is 11.6 Å². The minimum absolute atomic E-state index is 0.0669. The van der Waals surface area contributed by atoms with Gasteiger partial charge in [-0.15, -0.1) is 0 Å². The predicted molar refractivity (Wildman–Crippen MR) is 76.7 cm³/mol. The average Bonchev–Trinajstić information content (AvgIpc) is 2.35. The van der Waals surface area contributed by atoms with Crippen LogP contribution in [0, 0.1) is 15.9 Å². The Balaban J connectivity index is 2.40. The van der Waals surface area contributed by atoms with Gasteiger partial charge in [0, 0.05) is 23.9 Å². The van der Waals surface area contributed by atoms with Gasteiger partial charge in [0.2, 0.25) is 0 Å². The van der Waals surface area contributed by atoms with Gasteiger partial charge in [0.05, 0.1) is 20.5 Å². The summed E-state index contributed by atoms with van der Waals surface area (Å²) in [6.45, 7) is 0. The Bertz CT molecular complexity index is 697. The van der Waals surface area contributed by atoms with E-state index in [4.69, 9.17) is 22.1 Å². The zero-order valence-electron chi connectivity index (χ0n) is 9.77. The fourth-order valence-electron chi connectivity index (χ4n) is 1.48. The molecule has 0 fully saturated rings. The molecular formula is C12H7BrClFN2O3. The number of rotatable bonds is 3. The third-order valence-corrected chi connectivity index (χ3v) is 3.24. The minimum atomic E-state index is -0.664. The van der Waals surface area contributed by atoms with Crippen molar-refractivity contribution in [2.45, 2.75) is 0 Å². The average molecular weight is 362 g/mol. The molecule has 2 rings (SSSR count). The Morgan fingerprint density at radius 3 is 2.65 bits per heavy atom. The van der Waals surface area contributed by atoms with Crippen LogP contribution >= 0.6 is 27.5 Å². The molecule has 0 bridgehead atoms. The molecule has 2 N–H and O–H groups in total. The van der Waals surface area contributed by atoms with Crippen LogP contribution in [0.4, 0.5) is 15.8 Å². The van der Waals surface area contributed by atoms with Crippen LogP contribution in [-0.4, -0.2) is 4.92 Å². The molecule has 104 valence electrons. The number of nitrogen functional groups attached to an aromatic ring is 1. The summed E-state index contributed by atoms with van der Waals surface area (Å²) in [5.41, 5.74) is 5.50. The van der Waals surface area contributed by atoms with E-state index in [1.165, 1.54) is 24.3 Å². The maximum absolute atomic E-state index is 13.4. The summed E-state index contributed by atoms with van der Waals surface area (Å²) in [7, 11) is 0. The third kappa shape index (κ3) is 3.17. The van der Waals surface area contributed by atoms with Crippen LogP contribution in [0.2, 0.25) is 5.02 Å². The van der Waals surface area contributed by atoms with E-state index < -0.39 is 10.7 Å². The van der Waals surface area contributed by atoms with E-state index in [0.717, 1.165) is 6.07 Å². The van der Waals surface area contributed by atoms with Crippen molar-refractivity contribution in [2.75, 3.05) is 5.73 Å². The Labute approximate surface area is 126 Å². The second-order valence-corrected chi connectivity index (χ2v) is 5.08. The lowest BCUT2D eigenvalue weighted by molar-refractivity contribution is -0.384. The Kier molecular flexibility index (Phi) is 4.10. The molecule has 0 aliphatic heterocycles. The summed E-state index contributed by atoms with van der Waals surface area (Å²) in [5, 5.41) is 10.7. The number of hydrogen-bond acceptors (Lipinski definition) is 4. The number of anilines is 1. The van der Waals surface area contributed by atoms with Gasteiger partial charge in [0.15, 0.2) is 0 Å². The number of ether oxygens (including phenoxy) is 1. The van der Waals surface area contributed by atoms with Crippen molar-refractivity contribution < 1.29 is 14.1 Å². The Hall–Kier alpha value is -1.86. The molecule has 0 unspecified atom stereocenters. The molecule has 0 atom stereocenters. The molecule has 0 spiro atoms. The first-order chi connectivity index (χ1) is 9.36. The minimum Gasteiger partial charge on any atom is -0.456 e. The second kappa shape index (κ2) is 5.64. The van der Waals surface area contributed by atoms with Gasteiger partial charge in [0.25, 0.3) is 5.69 Å². The highest BCUT2D eigenvalue weighted by atomic mass is 79.9. The third-order valence-electron chi connectivity index (χ3n) is 2.33. The van der Waals surface area contributed by atoms with Gasteiger partial charge in [-0.3, -0.25) is 10.1 Å². The fourth-order valence-corrected chi connectivity index (χ4v) is 2.20. The zero-order chi connectivity index (χ0) is 14.9. The van der Waals surface area contributed by atoms with Crippen LogP contribution in [0.15, 0.2) is 34.8 Å². The zero-order valence-corrected chi connectivity index (χ0v) is 12.1. The van der Waals surface area contributed by atoms with E-state index in [1.54, 1.807) is 0 Å². The summed E-state index contributed by atoms with van der Waals surface area (Å²) in [5.74, 6) is -0.408. The van der Waals surface area contributed by atoms with Crippen molar-refractivity contribution in [2.24, 2.45) is 0 Å². The van der Waals surface area contributed by atoms with Gasteiger partial charge < -0.3 is 10.5 Å². The number of hydrogen-bond donors (Lipinski definition) is 1. The largest absolute Gasteiger partial charge is 0.456 e. The number of non-ortho nitro benzene ring substituents is 1. The molecule has 8 heteroatoms. The van der Waals surface area contributed by atoms with Crippen molar-refractivity contribution in [3.63, 3.8) is 0 Å². The molecule has 0 aliphatic carbocycles. The van der Waals surface area contributed by atoms with E-state index in [9.17, 15) is 14.5 Å². The van der Waals surface area contributed by atoms with E-state index >= 15 is 0 Å². The first-order valence-corrected chi connectivity index (χ1v) is 6.41. The number of benzene rings is 2. The summed E-state index contributed by atoms with van der Waals surface area (Å²) < 4.78 is 19.2. The quantitative estimate of drug-likeness (QED) is 0.377. The number of nitro groups is 1. The summed E-state index contributed by atoms with van der Waals surface area (Å²) in [6.07, 6.45) is 0. The Morgan fingerprint density at radius 1 is 1.30 bits per heavy atom. The van der Waals surface area contributed by atoms with E-state index in [2.05, 4.69) is 15.9 Å². The lowest BCUT2D eigenvalue weighted by atomic mass is 10.2. The van der Waals surface area contributed by atoms with Crippen molar-refractivity contribution >= 4 is 38.9 Å². The molecule has 20 heavy (non-hydrogen) atoms. The molecule has 0 saturated carbocycles. The number of halogens is 3. The number of nitro benzene ring substituents is 1. The topological polar surface area (TPSA) is 78.4 Å². The highest BCUT2D eigenvalue weighted by Crippen LogP contribution is 2.35. The monoisotopic (exact) mass is 360 g/mol. The van der Waals surface area contributed by atoms with Crippen LogP contribution in [-0.2, 0) is 0 Å². The second-order valence-electron chi connectivity index (χ2n) is 3.82. The highest BCUT2D eigenvalue weighted by Gasteiger charge is 2.13.